The molecule has 4 heteroatoms. The molecule has 1 aromatic heterocycles. The zero-order valence-corrected chi connectivity index (χ0v) is 10.4. The number of aryl methyl sites for hydroxylation is 1. The summed E-state index contributed by atoms with van der Waals surface area (Å²) >= 11 is 1.63. The Labute approximate surface area is 104 Å². The van der Waals surface area contributed by atoms with Gasteiger partial charge in [-0.05, 0) is 42.1 Å². The Morgan fingerprint density at radius 2 is 2.24 bits per heavy atom. The summed E-state index contributed by atoms with van der Waals surface area (Å²) < 4.78 is 0. The Balaban J connectivity index is 2.04. The van der Waals surface area contributed by atoms with Crippen molar-refractivity contribution >= 4 is 22.9 Å². The van der Waals surface area contributed by atoms with Gasteiger partial charge in [0.2, 0.25) is 0 Å². The number of benzene rings is 1. The van der Waals surface area contributed by atoms with Gasteiger partial charge in [0.05, 0.1) is 6.54 Å². The molecule has 0 saturated carbocycles. The van der Waals surface area contributed by atoms with Gasteiger partial charge in [0.1, 0.15) is 0 Å². The molecule has 1 amide bonds. The largest absolute Gasteiger partial charge is 0.399 e. The highest BCUT2D eigenvalue weighted by molar-refractivity contribution is 7.09. The number of hydrogen-bond donors (Lipinski definition) is 2. The van der Waals surface area contributed by atoms with Crippen molar-refractivity contribution in [2.24, 2.45) is 0 Å². The molecule has 0 spiro atoms. The van der Waals surface area contributed by atoms with Crippen LogP contribution >= 0.6 is 11.3 Å². The standard InChI is InChI=1S/C13H14N2OS/c1-9-7-10(14)4-5-12(9)13(16)15-8-11-3-2-6-17-11/h2-7H,8,14H2,1H3,(H,15,16). The van der Waals surface area contributed by atoms with Crippen LogP contribution in [0.15, 0.2) is 35.7 Å². The molecule has 0 saturated heterocycles. The molecule has 1 aromatic carbocycles. The summed E-state index contributed by atoms with van der Waals surface area (Å²) in [5.41, 5.74) is 7.90. The van der Waals surface area contributed by atoms with Crippen LogP contribution in [-0.2, 0) is 6.54 Å². The topological polar surface area (TPSA) is 55.1 Å². The van der Waals surface area contributed by atoms with E-state index in [1.807, 2.05) is 24.4 Å². The lowest BCUT2D eigenvalue weighted by molar-refractivity contribution is 0.0950. The average molecular weight is 246 g/mol. The number of anilines is 1. The third-order valence-corrected chi connectivity index (χ3v) is 3.37. The third kappa shape index (κ3) is 2.85. The van der Waals surface area contributed by atoms with Crippen LogP contribution in [0.4, 0.5) is 5.69 Å². The molecule has 3 N–H and O–H groups in total. The van der Waals surface area contributed by atoms with Gasteiger partial charge in [-0.3, -0.25) is 4.79 Å². The van der Waals surface area contributed by atoms with Crippen LogP contribution in [-0.4, -0.2) is 5.91 Å². The first-order valence-corrected chi connectivity index (χ1v) is 6.21. The second-order valence-corrected chi connectivity index (χ2v) is 4.87. The molecule has 3 nitrogen and oxygen atoms in total. The second kappa shape index (κ2) is 5.01. The SMILES string of the molecule is Cc1cc(N)ccc1C(=O)NCc1cccs1. The molecular formula is C13H14N2OS. The summed E-state index contributed by atoms with van der Waals surface area (Å²) in [5.74, 6) is -0.0594. The maximum atomic E-state index is 11.9. The van der Waals surface area contributed by atoms with E-state index >= 15 is 0 Å². The Kier molecular flexibility index (Phi) is 3.44. The molecule has 0 aliphatic rings. The van der Waals surface area contributed by atoms with Gasteiger partial charge in [-0.25, -0.2) is 0 Å². The number of nitrogens with one attached hydrogen (secondary N) is 1. The molecule has 0 fully saturated rings. The van der Waals surface area contributed by atoms with Gasteiger partial charge < -0.3 is 11.1 Å². The summed E-state index contributed by atoms with van der Waals surface area (Å²) in [7, 11) is 0. The number of nitrogens with two attached hydrogens (primary N) is 1. The number of thiophene rings is 1. The van der Waals surface area contributed by atoms with Crippen LogP contribution in [0.5, 0.6) is 0 Å². The number of carbonyl (C=O) groups is 1. The fourth-order valence-corrected chi connectivity index (χ4v) is 2.26. The van der Waals surface area contributed by atoms with E-state index in [1.165, 1.54) is 0 Å². The van der Waals surface area contributed by atoms with Crippen LogP contribution < -0.4 is 11.1 Å². The average Bonchev–Trinajstić information content (AvgIpc) is 2.78. The minimum Gasteiger partial charge on any atom is -0.399 e. The first-order valence-electron chi connectivity index (χ1n) is 5.33. The maximum absolute atomic E-state index is 11.9. The second-order valence-electron chi connectivity index (χ2n) is 3.84. The van der Waals surface area contributed by atoms with E-state index in [1.54, 1.807) is 29.5 Å². The quantitative estimate of drug-likeness (QED) is 0.818. The summed E-state index contributed by atoms with van der Waals surface area (Å²) in [6, 6.07) is 9.28. The van der Waals surface area contributed by atoms with Crippen molar-refractivity contribution < 1.29 is 4.79 Å². The Bertz CT molecular complexity index is 520. The molecule has 88 valence electrons. The lowest BCUT2D eigenvalue weighted by atomic mass is 10.1. The van der Waals surface area contributed by atoms with Crippen LogP contribution in [0.2, 0.25) is 0 Å². The van der Waals surface area contributed by atoms with Crippen molar-refractivity contribution in [1.82, 2.24) is 5.32 Å². The summed E-state index contributed by atoms with van der Waals surface area (Å²) in [6.45, 7) is 2.46. The van der Waals surface area contributed by atoms with Crippen molar-refractivity contribution in [3.05, 3.63) is 51.7 Å². The fraction of sp³-hybridized carbons (Fsp3) is 0.154. The first-order chi connectivity index (χ1) is 8.16. The number of nitrogen functional groups attached to an aromatic ring is 1. The monoisotopic (exact) mass is 246 g/mol. The lowest BCUT2D eigenvalue weighted by Crippen LogP contribution is -2.23. The number of carbonyl (C=O) groups excluding carboxylic acids is 1. The van der Waals surface area contributed by atoms with Gasteiger partial charge in [0, 0.05) is 16.1 Å². The zero-order valence-electron chi connectivity index (χ0n) is 9.57. The molecule has 2 aromatic rings. The van der Waals surface area contributed by atoms with Crippen molar-refractivity contribution in [2.75, 3.05) is 5.73 Å². The number of amides is 1. The molecule has 17 heavy (non-hydrogen) atoms. The predicted molar refractivity (Wildman–Crippen MR) is 71.1 cm³/mol. The number of hydrogen-bond acceptors (Lipinski definition) is 3. The van der Waals surface area contributed by atoms with Gasteiger partial charge in [0.15, 0.2) is 0 Å². The molecule has 0 aliphatic heterocycles. The maximum Gasteiger partial charge on any atom is 0.251 e. The minimum atomic E-state index is -0.0594. The van der Waals surface area contributed by atoms with Crippen LogP contribution in [0.1, 0.15) is 20.8 Å². The zero-order chi connectivity index (χ0) is 12.3. The van der Waals surface area contributed by atoms with Gasteiger partial charge in [0.25, 0.3) is 5.91 Å². The van der Waals surface area contributed by atoms with E-state index in [4.69, 9.17) is 5.73 Å². The van der Waals surface area contributed by atoms with Crippen LogP contribution in [0.25, 0.3) is 0 Å². The van der Waals surface area contributed by atoms with E-state index in [9.17, 15) is 4.79 Å². The van der Waals surface area contributed by atoms with Crippen molar-refractivity contribution in [1.29, 1.82) is 0 Å². The van der Waals surface area contributed by atoms with Gasteiger partial charge in [-0.2, -0.15) is 0 Å². The van der Waals surface area contributed by atoms with Gasteiger partial charge in [-0.15, -0.1) is 11.3 Å². The molecule has 0 atom stereocenters. The predicted octanol–water partition coefficient (Wildman–Crippen LogP) is 2.57. The van der Waals surface area contributed by atoms with Gasteiger partial charge >= 0.3 is 0 Å². The van der Waals surface area contributed by atoms with Crippen LogP contribution in [0.3, 0.4) is 0 Å². The van der Waals surface area contributed by atoms with E-state index in [0.717, 1.165) is 10.4 Å². The van der Waals surface area contributed by atoms with E-state index < -0.39 is 0 Å². The molecule has 2 rings (SSSR count). The Morgan fingerprint density at radius 1 is 1.41 bits per heavy atom. The Morgan fingerprint density at radius 3 is 2.88 bits per heavy atom. The molecule has 0 radical (unpaired) electrons. The molecule has 1 heterocycles. The minimum absolute atomic E-state index is 0.0594. The van der Waals surface area contributed by atoms with E-state index in [-0.39, 0.29) is 5.91 Å². The van der Waals surface area contributed by atoms with E-state index in [2.05, 4.69) is 5.32 Å². The van der Waals surface area contributed by atoms with Crippen molar-refractivity contribution in [3.63, 3.8) is 0 Å². The van der Waals surface area contributed by atoms with E-state index in [0.29, 0.717) is 17.8 Å². The normalized spacial score (nSPS) is 10.2. The fourth-order valence-electron chi connectivity index (χ4n) is 1.62. The highest BCUT2D eigenvalue weighted by Gasteiger charge is 2.08. The summed E-state index contributed by atoms with van der Waals surface area (Å²) in [6.07, 6.45) is 0. The molecule has 0 bridgehead atoms. The molecule has 0 aliphatic carbocycles. The highest BCUT2D eigenvalue weighted by atomic mass is 32.1. The van der Waals surface area contributed by atoms with Crippen molar-refractivity contribution in [2.45, 2.75) is 13.5 Å². The molecular weight excluding hydrogens is 232 g/mol. The van der Waals surface area contributed by atoms with Crippen molar-refractivity contribution in [3.8, 4) is 0 Å². The lowest BCUT2D eigenvalue weighted by Gasteiger charge is -2.07. The Hall–Kier alpha value is -1.81. The smallest absolute Gasteiger partial charge is 0.251 e. The third-order valence-electron chi connectivity index (χ3n) is 2.50. The summed E-state index contributed by atoms with van der Waals surface area (Å²) in [5, 5.41) is 4.89. The summed E-state index contributed by atoms with van der Waals surface area (Å²) in [4.78, 5) is 13.1. The molecule has 0 unspecified atom stereocenters. The highest BCUT2D eigenvalue weighted by Crippen LogP contribution is 2.13. The first kappa shape index (κ1) is 11.7. The van der Waals surface area contributed by atoms with Crippen LogP contribution in [0, 0.1) is 6.92 Å². The van der Waals surface area contributed by atoms with Gasteiger partial charge in [-0.1, -0.05) is 6.07 Å². The number of rotatable bonds is 3.